The van der Waals surface area contributed by atoms with Gasteiger partial charge < -0.3 is 15.2 Å². The average Bonchev–Trinajstić information content (AvgIpc) is 2.41. The molecule has 114 valence electrons. The summed E-state index contributed by atoms with van der Waals surface area (Å²) in [6.07, 6.45) is 3.23. The molecule has 0 aromatic heterocycles. The highest BCUT2D eigenvalue weighted by Crippen LogP contribution is 2.34. The van der Waals surface area contributed by atoms with Gasteiger partial charge in [-0.15, -0.1) is 0 Å². The smallest absolute Gasteiger partial charge is 0.162 e. The molecule has 0 aliphatic rings. The summed E-state index contributed by atoms with van der Waals surface area (Å²) < 4.78 is 12.4. The van der Waals surface area contributed by atoms with E-state index in [0.29, 0.717) is 19.1 Å². The van der Waals surface area contributed by atoms with Crippen LogP contribution in [0.4, 0.5) is 0 Å². The van der Waals surface area contributed by atoms with Crippen molar-refractivity contribution >= 4 is 15.9 Å². The summed E-state index contributed by atoms with van der Waals surface area (Å²) in [5, 5.41) is 0. The first-order chi connectivity index (χ1) is 9.62. The van der Waals surface area contributed by atoms with Gasteiger partial charge in [-0.3, -0.25) is 0 Å². The van der Waals surface area contributed by atoms with Gasteiger partial charge in [0.1, 0.15) is 0 Å². The van der Waals surface area contributed by atoms with E-state index in [1.807, 2.05) is 19.9 Å². The molecule has 0 saturated heterocycles. The highest BCUT2D eigenvalue weighted by molar-refractivity contribution is 9.10. The third-order valence-corrected chi connectivity index (χ3v) is 4.02. The number of hydrogen-bond donors (Lipinski definition) is 1. The zero-order chi connectivity index (χ0) is 15.0. The molecule has 20 heavy (non-hydrogen) atoms. The van der Waals surface area contributed by atoms with Gasteiger partial charge in [-0.1, -0.05) is 22.9 Å². The van der Waals surface area contributed by atoms with Crippen molar-refractivity contribution < 1.29 is 9.47 Å². The van der Waals surface area contributed by atoms with Gasteiger partial charge in [0.05, 0.1) is 13.2 Å². The van der Waals surface area contributed by atoms with Crippen LogP contribution in [0.5, 0.6) is 11.5 Å². The van der Waals surface area contributed by atoms with Crippen LogP contribution in [0.15, 0.2) is 16.6 Å². The molecular formula is C16H26BrNO2. The third kappa shape index (κ3) is 5.33. The summed E-state index contributed by atoms with van der Waals surface area (Å²) in [7, 11) is 0. The van der Waals surface area contributed by atoms with Gasteiger partial charge in [0.25, 0.3) is 0 Å². The number of hydrogen-bond acceptors (Lipinski definition) is 3. The Balaban J connectivity index is 2.82. The third-order valence-electron chi connectivity index (χ3n) is 3.28. The number of aryl methyl sites for hydroxylation is 1. The molecule has 0 fully saturated rings. The van der Waals surface area contributed by atoms with E-state index in [0.717, 1.165) is 41.8 Å². The molecule has 0 aliphatic carbocycles. The van der Waals surface area contributed by atoms with Crippen LogP contribution in [-0.4, -0.2) is 19.8 Å². The van der Waals surface area contributed by atoms with Crippen LogP contribution in [0, 0.1) is 5.92 Å². The second-order valence-corrected chi connectivity index (χ2v) is 5.83. The summed E-state index contributed by atoms with van der Waals surface area (Å²) in [4.78, 5) is 0. The molecule has 0 spiro atoms. The lowest BCUT2D eigenvalue weighted by Gasteiger charge is -2.15. The topological polar surface area (TPSA) is 44.5 Å². The molecule has 0 heterocycles. The Labute approximate surface area is 131 Å². The second-order valence-electron chi connectivity index (χ2n) is 4.98. The molecule has 3 nitrogen and oxygen atoms in total. The maximum absolute atomic E-state index is 5.67. The molecule has 4 heteroatoms. The minimum atomic E-state index is 0.638. The molecule has 1 unspecified atom stereocenters. The minimum Gasteiger partial charge on any atom is -0.490 e. The zero-order valence-corrected chi connectivity index (χ0v) is 14.3. The van der Waals surface area contributed by atoms with Crippen molar-refractivity contribution in [2.75, 3.05) is 19.8 Å². The fourth-order valence-corrected chi connectivity index (χ4v) is 2.66. The van der Waals surface area contributed by atoms with Crippen LogP contribution < -0.4 is 15.2 Å². The Morgan fingerprint density at radius 2 is 1.70 bits per heavy atom. The van der Waals surface area contributed by atoms with Crippen LogP contribution >= 0.6 is 15.9 Å². The van der Waals surface area contributed by atoms with E-state index in [9.17, 15) is 0 Å². The fraction of sp³-hybridized carbons (Fsp3) is 0.625. The summed E-state index contributed by atoms with van der Waals surface area (Å²) >= 11 is 3.63. The van der Waals surface area contributed by atoms with E-state index >= 15 is 0 Å². The maximum atomic E-state index is 5.67. The largest absolute Gasteiger partial charge is 0.490 e. The molecule has 1 rings (SSSR count). The van der Waals surface area contributed by atoms with Crippen molar-refractivity contribution in [3.63, 3.8) is 0 Å². The fourth-order valence-electron chi connectivity index (χ4n) is 2.14. The van der Waals surface area contributed by atoms with E-state index in [1.165, 1.54) is 5.56 Å². The van der Waals surface area contributed by atoms with Crippen molar-refractivity contribution in [3.8, 4) is 11.5 Å². The Hall–Kier alpha value is -0.740. The normalized spacial score (nSPS) is 12.2. The predicted octanol–water partition coefficient (Wildman–Crippen LogP) is 4.16. The van der Waals surface area contributed by atoms with Gasteiger partial charge >= 0.3 is 0 Å². The minimum absolute atomic E-state index is 0.638. The average molecular weight is 344 g/mol. The molecular weight excluding hydrogens is 318 g/mol. The summed E-state index contributed by atoms with van der Waals surface area (Å²) in [6.45, 7) is 8.26. The van der Waals surface area contributed by atoms with E-state index < -0.39 is 0 Å². The van der Waals surface area contributed by atoms with E-state index in [-0.39, 0.29) is 0 Å². The summed E-state index contributed by atoms with van der Waals surface area (Å²) in [5.41, 5.74) is 6.86. The number of benzene rings is 1. The first-order valence-corrected chi connectivity index (χ1v) is 8.19. The van der Waals surface area contributed by atoms with Gasteiger partial charge in [-0.05, 0) is 63.3 Å². The quantitative estimate of drug-likeness (QED) is 0.731. The number of ether oxygens (including phenoxy) is 2. The van der Waals surface area contributed by atoms with E-state index in [1.54, 1.807) is 0 Å². The van der Waals surface area contributed by atoms with Crippen molar-refractivity contribution in [2.45, 2.75) is 40.0 Å². The molecule has 0 radical (unpaired) electrons. The summed E-state index contributed by atoms with van der Waals surface area (Å²) in [5.74, 6) is 2.29. The molecule has 0 amide bonds. The summed E-state index contributed by atoms with van der Waals surface area (Å²) in [6, 6.07) is 4.10. The van der Waals surface area contributed by atoms with Gasteiger partial charge in [-0.25, -0.2) is 0 Å². The van der Waals surface area contributed by atoms with Crippen LogP contribution in [-0.2, 0) is 6.42 Å². The number of halogens is 1. The van der Waals surface area contributed by atoms with Crippen LogP contribution in [0.2, 0.25) is 0 Å². The van der Waals surface area contributed by atoms with Crippen molar-refractivity contribution in [2.24, 2.45) is 11.7 Å². The van der Waals surface area contributed by atoms with Crippen molar-refractivity contribution in [1.29, 1.82) is 0 Å². The van der Waals surface area contributed by atoms with E-state index in [2.05, 4.69) is 28.9 Å². The molecule has 1 aromatic carbocycles. The lowest BCUT2D eigenvalue weighted by atomic mass is 9.98. The Morgan fingerprint density at radius 3 is 2.25 bits per heavy atom. The van der Waals surface area contributed by atoms with Crippen molar-refractivity contribution in [1.82, 2.24) is 0 Å². The van der Waals surface area contributed by atoms with Gasteiger partial charge in [0, 0.05) is 4.47 Å². The molecule has 1 atom stereocenters. The Kier molecular flexibility index (Phi) is 8.00. The van der Waals surface area contributed by atoms with Crippen molar-refractivity contribution in [3.05, 3.63) is 22.2 Å². The zero-order valence-electron chi connectivity index (χ0n) is 12.7. The van der Waals surface area contributed by atoms with Crippen LogP contribution in [0.3, 0.4) is 0 Å². The van der Waals surface area contributed by atoms with E-state index in [4.69, 9.17) is 15.2 Å². The highest BCUT2D eigenvalue weighted by atomic mass is 79.9. The Morgan fingerprint density at radius 1 is 1.10 bits per heavy atom. The SMILES string of the molecule is CCOc1cc(Br)c(CCC(C)CCN)cc1OCC. The molecule has 2 N–H and O–H groups in total. The van der Waals surface area contributed by atoms with Crippen LogP contribution in [0.1, 0.15) is 39.2 Å². The molecule has 0 bridgehead atoms. The van der Waals surface area contributed by atoms with Gasteiger partial charge in [0.15, 0.2) is 11.5 Å². The van der Waals surface area contributed by atoms with Gasteiger partial charge in [0.2, 0.25) is 0 Å². The maximum Gasteiger partial charge on any atom is 0.162 e. The lowest BCUT2D eigenvalue weighted by Crippen LogP contribution is -2.07. The Bertz CT molecular complexity index is 410. The standard InChI is InChI=1S/C16H26BrNO2/c1-4-19-15-10-13(7-6-12(3)8-9-18)14(17)11-16(15)20-5-2/h10-12H,4-9,18H2,1-3H3. The molecule has 0 aliphatic heterocycles. The highest BCUT2D eigenvalue weighted by Gasteiger charge is 2.11. The second kappa shape index (κ2) is 9.24. The first kappa shape index (κ1) is 17.3. The number of rotatable bonds is 9. The predicted molar refractivity (Wildman–Crippen MR) is 87.6 cm³/mol. The molecule has 0 saturated carbocycles. The molecule has 1 aromatic rings. The van der Waals surface area contributed by atoms with Crippen LogP contribution in [0.25, 0.3) is 0 Å². The lowest BCUT2D eigenvalue weighted by molar-refractivity contribution is 0.287. The monoisotopic (exact) mass is 343 g/mol. The first-order valence-electron chi connectivity index (χ1n) is 7.40. The van der Waals surface area contributed by atoms with Gasteiger partial charge in [-0.2, -0.15) is 0 Å². The number of nitrogens with two attached hydrogens (primary N) is 1.